The third-order valence-electron chi connectivity index (χ3n) is 4.46. The highest BCUT2D eigenvalue weighted by atomic mass is 16.7. The van der Waals surface area contributed by atoms with Crippen molar-refractivity contribution in [1.29, 1.82) is 0 Å². The van der Waals surface area contributed by atoms with Crippen LogP contribution in [0.25, 0.3) is 0 Å². The molecule has 1 amide bonds. The Labute approximate surface area is 159 Å². The van der Waals surface area contributed by atoms with E-state index in [1.807, 2.05) is 33.8 Å². The van der Waals surface area contributed by atoms with Crippen molar-refractivity contribution in [2.24, 2.45) is 0 Å². The summed E-state index contributed by atoms with van der Waals surface area (Å²) in [5.41, 5.74) is 5.61. The van der Waals surface area contributed by atoms with Crippen LogP contribution >= 0.6 is 0 Å². The van der Waals surface area contributed by atoms with E-state index in [0.717, 1.165) is 11.1 Å². The SMILES string of the molecule is COc1c(C)c2c(c(O)c1C/C=C(\C)CCC(=O)NOC(C)C)C(=O)OC2. The number of carbonyl (C=O) groups is 2. The second-order valence-electron chi connectivity index (χ2n) is 6.86. The number of aromatic hydroxyl groups is 1. The van der Waals surface area contributed by atoms with Crippen LogP contribution in [-0.2, 0) is 27.4 Å². The quantitative estimate of drug-likeness (QED) is 0.411. The fourth-order valence-corrected chi connectivity index (χ4v) is 2.95. The lowest BCUT2D eigenvalue weighted by molar-refractivity contribution is -0.136. The average molecular weight is 377 g/mol. The summed E-state index contributed by atoms with van der Waals surface area (Å²) in [6.07, 6.45) is 3.08. The van der Waals surface area contributed by atoms with Crippen LogP contribution in [0.2, 0.25) is 0 Å². The molecule has 0 saturated heterocycles. The number of hydroxylamine groups is 1. The second kappa shape index (κ2) is 8.90. The predicted molar refractivity (Wildman–Crippen MR) is 99.6 cm³/mol. The van der Waals surface area contributed by atoms with E-state index in [1.54, 1.807) is 0 Å². The summed E-state index contributed by atoms with van der Waals surface area (Å²) in [6.45, 7) is 7.57. The first kappa shape index (κ1) is 20.8. The monoisotopic (exact) mass is 377 g/mol. The molecule has 2 rings (SSSR count). The molecule has 7 nitrogen and oxygen atoms in total. The van der Waals surface area contributed by atoms with E-state index in [-0.39, 0.29) is 29.9 Å². The first-order valence-corrected chi connectivity index (χ1v) is 8.94. The fourth-order valence-electron chi connectivity index (χ4n) is 2.95. The number of esters is 1. The Hall–Kier alpha value is -2.54. The number of carbonyl (C=O) groups excluding carboxylic acids is 2. The Bertz CT molecular complexity index is 766. The Kier molecular flexibility index (Phi) is 6.85. The van der Waals surface area contributed by atoms with Crippen molar-refractivity contribution < 1.29 is 29.0 Å². The zero-order valence-electron chi connectivity index (χ0n) is 16.5. The van der Waals surface area contributed by atoms with Crippen LogP contribution in [0, 0.1) is 6.92 Å². The zero-order chi connectivity index (χ0) is 20.1. The van der Waals surface area contributed by atoms with E-state index in [1.165, 1.54) is 7.11 Å². The number of allylic oxidation sites excluding steroid dienone is 2. The summed E-state index contributed by atoms with van der Waals surface area (Å²) >= 11 is 0. The highest BCUT2D eigenvalue weighted by Gasteiger charge is 2.31. The van der Waals surface area contributed by atoms with E-state index < -0.39 is 5.97 Å². The lowest BCUT2D eigenvalue weighted by Crippen LogP contribution is -2.26. The van der Waals surface area contributed by atoms with Gasteiger partial charge in [0.2, 0.25) is 5.91 Å². The minimum absolute atomic E-state index is 0.0734. The van der Waals surface area contributed by atoms with Crippen molar-refractivity contribution in [3.05, 3.63) is 33.9 Å². The van der Waals surface area contributed by atoms with Crippen LogP contribution < -0.4 is 10.2 Å². The minimum Gasteiger partial charge on any atom is -0.507 e. The average Bonchev–Trinajstić information content (AvgIpc) is 3.02. The van der Waals surface area contributed by atoms with Gasteiger partial charge in [-0.3, -0.25) is 9.63 Å². The molecule has 0 radical (unpaired) electrons. The molecule has 0 fully saturated rings. The van der Waals surface area contributed by atoms with E-state index >= 15 is 0 Å². The number of rotatable bonds is 8. The van der Waals surface area contributed by atoms with Crippen LogP contribution in [0.3, 0.4) is 0 Å². The number of amides is 1. The summed E-state index contributed by atoms with van der Waals surface area (Å²) < 4.78 is 10.5. The number of cyclic esters (lactones) is 1. The maximum Gasteiger partial charge on any atom is 0.342 e. The molecular formula is C20H27NO6. The van der Waals surface area contributed by atoms with E-state index in [4.69, 9.17) is 14.3 Å². The number of fused-ring (bicyclic) bond motifs is 1. The summed E-state index contributed by atoms with van der Waals surface area (Å²) in [5.74, 6) is -0.247. The molecular weight excluding hydrogens is 350 g/mol. The largest absolute Gasteiger partial charge is 0.507 e. The molecule has 1 aliphatic rings. The van der Waals surface area contributed by atoms with Gasteiger partial charge in [-0.2, -0.15) is 0 Å². The first-order chi connectivity index (χ1) is 12.8. The van der Waals surface area contributed by atoms with Gasteiger partial charge in [0.05, 0.1) is 13.2 Å². The third kappa shape index (κ3) is 4.80. The maximum atomic E-state index is 11.9. The van der Waals surface area contributed by atoms with Crippen LogP contribution in [-0.4, -0.2) is 30.2 Å². The highest BCUT2D eigenvalue weighted by molar-refractivity contribution is 5.98. The van der Waals surface area contributed by atoms with Gasteiger partial charge in [0.25, 0.3) is 0 Å². The molecule has 0 atom stereocenters. The van der Waals surface area contributed by atoms with Gasteiger partial charge >= 0.3 is 5.97 Å². The smallest absolute Gasteiger partial charge is 0.342 e. The first-order valence-electron chi connectivity index (χ1n) is 8.94. The standard InChI is InChI=1S/C20H27NO6/c1-11(2)27-21-16(22)9-7-12(3)6-8-14-18(23)17-15(10-26-20(17)24)13(4)19(14)25-5/h6,11,23H,7-10H2,1-5H3,(H,21,22)/b12-6+. The number of hydrogen-bond donors (Lipinski definition) is 2. The predicted octanol–water partition coefficient (Wildman–Crippen LogP) is 3.10. The second-order valence-corrected chi connectivity index (χ2v) is 6.86. The number of phenolic OH excluding ortho intramolecular Hbond substituents is 1. The highest BCUT2D eigenvalue weighted by Crippen LogP contribution is 2.42. The summed E-state index contributed by atoms with van der Waals surface area (Å²) in [5, 5.41) is 10.6. The van der Waals surface area contributed by atoms with Gasteiger partial charge in [-0.05, 0) is 46.1 Å². The molecule has 0 aromatic heterocycles. The van der Waals surface area contributed by atoms with Crippen LogP contribution in [0.15, 0.2) is 11.6 Å². The van der Waals surface area contributed by atoms with Gasteiger partial charge < -0.3 is 14.6 Å². The summed E-state index contributed by atoms with van der Waals surface area (Å²) in [6, 6.07) is 0. The Morgan fingerprint density at radius 1 is 1.37 bits per heavy atom. The Balaban J connectivity index is 2.12. The van der Waals surface area contributed by atoms with E-state index in [9.17, 15) is 14.7 Å². The van der Waals surface area contributed by atoms with Gasteiger partial charge in [0, 0.05) is 17.5 Å². The number of methoxy groups -OCH3 is 1. The van der Waals surface area contributed by atoms with Crippen molar-refractivity contribution in [2.75, 3.05) is 7.11 Å². The molecule has 1 aromatic carbocycles. The molecule has 0 aliphatic carbocycles. The molecule has 1 heterocycles. The number of phenols is 1. The van der Waals surface area contributed by atoms with Crippen molar-refractivity contribution in [3.8, 4) is 11.5 Å². The van der Waals surface area contributed by atoms with Crippen molar-refractivity contribution >= 4 is 11.9 Å². The normalized spacial score (nSPS) is 13.6. The van der Waals surface area contributed by atoms with Gasteiger partial charge in [0.1, 0.15) is 23.7 Å². The topological polar surface area (TPSA) is 94.1 Å². The van der Waals surface area contributed by atoms with E-state index in [0.29, 0.717) is 36.1 Å². The molecule has 0 spiro atoms. The molecule has 27 heavy (non-hydrogen) atoms. The van der Waals surface area contributed by atoms with Crippen molar-refractivity contribution in [3.63, 3.8) is 0 Å². The maximum absolute atomic E-state index is 11.9. The lowest BCUT2D eigenvalue weighted by atomic mass is 9.94. The molecule has 0 saturated carbocycles. The number of nitrogens with one attached hydrogen (secondary N) is 1. The lowest BCUT2D eigenvalue weighted by Gasteiger charge is -2.15. The zero-order valence-corrected chi connectivity index (χ0v) is 16.5. The molecule has 1 aliphatic heterocycles. The number of hydrogen-bond acceptors (Lipinski definition) is 6. The van der Waals surface area contributed by atoms with Gasteiger partial charge in [-0.25, -0.2) is 10.3 Å². The molecule has 0 unspecified atom stereocenters. The Morgan fingerprint density at radius 2 is 2.07 bits per heavy atom. The molecule has 0 bridgehead atoms. The number of benzene rings is 1. The molecule has 1 aromatic rings. The molecule has 2 N–H and O–H groups in total. The minimum atomic E-state index is -0.517. The van der Waals surface area contributed by atoms with Gasteiger partial charge in [-0.15, -0.1) is 0 Å². The Morgan fingerprint density at radius 3 is 2.70 bits per heavy atom. The third-order valence-corrected chi connectivity index (χ3v) is 4.46. The molecule has 148 valence electrons. The van der Waals surface area contributed by atoms with Crippen LogP contribution in [0.4, 0.5) is 0 Å². The van der Waals surface area contributed by atoms with Crippen LogP contribution in [0.1, 0.15) is 60.7 Å². The summed E-state index contributed by atoms with van der Waals surface area (Å²) in [7, 11) is 1.53. The van der Waals surface area contributed by atoms with Gasteiger partial charge in [-0.1, -0.05) is 11.6 Å². The van der Waals surface area contributed by atoms with Crippen molar-refractivity contribution in [1.82, 2.24) is 5.48 Å². The fraction of sp³-hybridized carbons (Fsp3) is 0.500. The van der Waals surface area contributed by atoms with Gasteiger partial charge in [0.15, 0.2) is 0 Å². The molecule has 7 heteroatoms. The number of ether oxygens (including phenoxy) is 2. The van der Waals surface area contributed by atoms with Crippen molar-refractivity contribution in [2.45, 2.75) is 59.7 Å². The van der Waals surface area contributed by atoms with E-state index in [2.05, 4.69) is 5.48 Å². The van der Waals surface area contributed by atoms with Crippen LogP contribution in [0.5, 0.6) is 11.5 Å². The summed E-state index contributed by atoms with van der Waals surface area (Å²) in [4.78, 5) is 28.7.